The van der Waals surface area contributed by atoms with E-state index in [-0.39, 0.29) is 17.5 Å². The SMILES string of the molecule is Cc1ccccc1CNC(=O)CNc1ccc(F)cc1Cl. The summed E-state index contributed by atoms with van der Waals surface area (Å²) in [7, 11) is 0. The second-order valence-electron chi connectivity index (χ2n) is 4.68. The topological polar surface area (TPSA) is 41.1 Å². The maximum absolute atomic E-state index is 12.9. The van der Waals surface area contributed by atoms with Crippen molar-refractivity contribution in [2.24, 2.45) is 0 Å². The summed E-state index contributed by atoms with van der Waals surface area (Å²) in [5.41, 5.74) is 2.74. The van der Waals surface area contributed by atoms with Crippen LogP contribution in [0.4, 0.5) is 10.1 Å². The maximum atomic E-state index is 12.9. The lowest BCUT2D eigenvalue weighted by molar-refractivity contribution is -0.119. The first kappa shape index (κ1) is 15.3. The van der Waals surface area contributed by atoms with Crippen molar-refractivity contribution in [1.29, 1.82) is 0 Å². The molecular formula is C16H16ClFN2O. The number of benzene rings is 2. The molecule has 0 aliphatic carbocycles. The third kappa shape index (κ3) is 4.46. The molecule has 2 aromatic carbocycles. The molecule has 0 fully saturated rings. The van der Waals surface area contributed by atoms with Crippen LogP contribution in [0.1, 0.15) is 11.1 Å². The Bertz CT molecular complexity index is 646. The van der Waals surface area contributed by atoms with Gasteiger partial charge in [0, 0.05) is 6.54 Å². The van der Waals surface area contributed by atoms with Crippen molar-refractivity contribution in [3.63, 3.8) is 0 Å². The Morgan fingerprint density at radius 3 is 2.71 bits per heavy atom. The van der Waals surface area contributed by atoms with E-state index < -0.39 is 5.82 Å². The first-order chi connectivity index (χ1) is 10.1. The van der Waals surface area contributed by atoms with Crippen molar-refractivity contribution >= 4 is 23.2 Å². The lowest BCUT2D eigenvalue weighted by Gasteiger charge is -2.10. The number of carbonyl (C=O) groups is 1. The van der Waals surface area contributed by atoms with Crippen molar-refractivity contribution in [3.05, 3.63) is 64.4 Å². The van der Waals surface area contributed by atoms with E-state index in [9.17, 15) is 9.18 Å². The zero-order valence-corrected chi connectivity index (χ0v) is 12.4. The summed E-state index contributed by atoms with van der Waals surface area (Å²) >= 11 is 5.87. The summed E-state index contributed by atoms with van der Waals surface area (Å²) in [5.74, 6) is -0.562. The molecule has 0 aliphatic rings. The number of halogens is 2. The van der Waals surface area contributed by atoms with Crippen molar-refractivity contribution in [3.8, 4) is 0 Å². The zero-order chi connectivity index (χ0) is 15.2. The number of aryl methyl sites for hydroxylation is 1. The standard InChI is InChI=1S/C16H16ClFN2O/c1-11-4-2-3-5-12(11)9-20-16(21)10-19-15-7-6-13(18)8-14(15)17/h2-8,19H,9-10H2,1H3,(H,20,21). The minimum absolute atomic E-state index is 0.0806. The van der Waals surface area contributed by atoms with Gasteiger partial charge in [0.25, 0.3) is 0 Å². The molecule has 0 unspecified atom stereocenters. The summed E-state index contributed by atoms with van der Waals surface area (Å²) in [5, 5.41) is 5.95. The molecule has 0 saturated carbocycles. The molecule has 1 amide bonds. The van der Waals surface area contributed by atoms with E-state index in [1.807, 2.05) is 31.2 Å². The van der Waals surface area contributed by atoms with Crippen LogP contribution in [-0.4, -0.2) is 12.5 Å². The molecule has 0 heterocycles. The van der Waals surface area contributed by atoms with Crippen molar-refractivity contribution in [2.45, 2.75) is 13.5 Å². The van der Waals surface area contributed by atoms with Crippen LogP contribution < -0.4 is 10.6 Å². The number of nitrogens with one attached hydrogen (secondary N) is 2. The number of amides is 1. The van der Waals surface area contributed by atoms with Gasteiger partial charge >= 0.3 is 0 Å². The van der Waals surface area contributed by atoms with Gasteiger partial charge in [-0.1, -0.05) is 35.9 Å². The molecule has 2 N–H and O–H groups in total. The summed E-state index contributed by atoms with van der Waals surface area (Å²) in [4.78, 5) is 11.8. The average Bonchev–Trinajstić information content (AvgIpc) is 2.45. The van der Waals surface area contributed by atoms with Crippen LogP contribution in [0.3, 0.4) is 0 Å². The molecule has 0 radical (unpaired) electrons. The normalized spacial score (nSPS) is 10.2. The van der Waals surface area contributed by atoms with Crippen molar-refractivity contribution in [2.75, 3.05) is 11.9 Å². The van der Waals surface area contributed by atoms with Gasteiger partial charge in [0.15, 0.2) is 0 Å². The lowest BCUT2D eigenvalue weighted by Crippen LogP contribution is -2.29. The minimum atomic E-state index is -0.408. The highest BCUT2D eigenvalue weighted by Crippen LogP contribution is 2.21. The van der Waals surface area contributed by atoms with Crippen LogP contribution in [0.2, 0.25) is 5.02 Å². The summed E-state index contributed by atoms with van der Waals surface area (Å²) in [6, 6.07) is 11.9. The van der Waals surface area contributed by atoms with E-state index in [4.69, 9.17) is 11.6 Å². The van der Waals surface area contributed by atoms with Gasteiger partial charge in [-0.25, -0.2) is 4.39 Å². The van der Waals surface area contributed by atoms with Crippen LogP contribution >= 0.6 is 11.6 Å². The average molecular weight is 307 g/mol. The molecule has 0 saturated heterocycles. The molecule has 21 heavy (non-hydrogen) atoms. The third-order valence-corrected chi connectivity index (χ3v) is 3.42. The maximum Gasteiger partial charge on any atom is 0.239 e. The van der Waals surface area contributed by atoms with E-state index in [1.54, 1.807) is 0 Å². The largest absolute Gasteiger partial charge is 0.375 e. The number of carbonyl (C=O) groups excluding carboxylic acids is 1. The molecular weight excluding hydrogens is 291 g/mol. The second kappa shape index (κ2) is 7.09. The van der Waals surface area contributed by atoms with Gasteiger partial charge in [-0.15, -0.1) is 0 Å². The fourth-order valence-electron chi connectivity index (χ4n) is 1.87. The first-order valence-corrected chi connectivity index (χ1v) is 6.94. The number of hydrogen-bond acceptors (Lipinski definition) is 2. The second-order valence-corrected chi connectivity index (χ2v) is 5.09. The van der Waals surface area contributed by atoms with E-state index in [0.29, 0.717) is 12.2 Å². The summed E-state index contributed by atoms with van der Waals surface area (Å²) < 4.78 is 12.9. The lowest BCUT2D eigenvalue weighted by atomic mass is 10.1. The van der Waals surface area contributed by atoms with Gasteiger partial charge in [-0.3, -0.25) is 4.79 Å². The highest BCUT2D eigenvalue weighted by atomic mass is 35.5. The summed E-state index contributed by atoms with van der Waals surface area (Å²) in [6.07, 6.45) is 0. The van der Waals surface area contributed by atoms with Gasteiger partial charge < -0.3 is 10.6 Å². The van der Waals surface area contributed by atoms with Crippen LogP contribution in [-0.2, 0) is 11.3 Å². The van der Waals surface area contributed by atoms with Gasteiger partial charge in [-0.2, -0.15) is 0 Å². The fraction of sp³-hybridized carbons (Fsp3) is 0.188. The van der Waals surface area contributed by atoms with E-state index in [1.165, 1.54) is 18.2 Å². The molecule has 110 valence electrons. The monoisotopic (exact) mass is 306 g/mol. The van der Waals surface area contributed by atoms with Gasteiger partial charge in [0.1, 0.15) is 5.82 Å². The fourth-order valence-corrected chi connectivity index (χ4v) is 2.11. The molecule has 0 aliphatic heterocycles. The smallest absolute Gasteiger partial charge is 0.239 e. The van der Waals surface area contributed by atoms with Crippen molar-refractivity contribution < 1.29 is 9.18 Å². The quantitative estimate of drug-likeness (QED) is 0.887. The Morgan fingerprint density at radius 1 is 1.24 bits per heavy atom. The Labute approximate surface area is 128 Å². The van der Waals surface area contributed by atoms with E-state index >= 15 is 0 Å². The predicted molar refractivity (Wildman–Crippen MR) is 82.9 cm³/mol. The number of hydrogen-bond donors (Lipinski definition) is 2. The van der Waals surface area contributed by atoms with Gasteiger partial charge in [0.2, 0.25) is 5.91 Å². The highest BCUT2D eigenvalue weighted by Gasteiger charge is 2.05. The molecule has 5 heteroatoms. The number of rotatable bonds is 5. The van der Waals surface area contributed by atoms with Crippen LogP contribution in [0.5, 0.6) is 0 Å². The van der Waals surface area contributed by atoms with E-state index in [2.05, 4.69) is 10.6 Å². The first-order valence-electron chi connectivity index (χ1n) is 6.56. The molecule has 0 spiro atoms. The zero-order valence-electron chi connectivity index (χ0n) is 11.6. The van der Waals surface area contributed by atoms with Gasteiger partial charge in [0.05, 0.1) is 17.3 Å². The predicted octanol–water partition coefficient (Wildman–Crippen LogP) is 3.52. The molecule has 3 nitrogen and oxygen atoms in total. The van der Waals surface area contributed by atoms with Crippen LogP contribution in [0.15, 0.2) is 42.5 Å². The molecule has 2 aromatic rings. The van der Waals surface area contributed by atoms with Crippen LogP contribution in [0, 0.1) is 12.7 Å². The van der Waals surface area contributed by atoms with E-state index in [0.717, 1.165) is 11.1 Å². The van der Waals surface area contributed by atoms with Crippen molar-refractivity contribution in [1.82, 2.24) is 5.32 Å². The van der Waals surface area contributed by atoms with Gasteiger partial charge in [-0.05, 0) is 36.2 Å². The molecule has 0 bridgehead atoms. The Balaban J connectivity index is 1.84. The Hall–Kier alpha value is -2.07. The molecule has 0 atom stereocenters. The van der Waals surface area contributed by atoms with Crippen LogP contribution in [0.25, 0.3) is 0 Å². The Morgan fingerprint density at radius 2 is 2.00 bits per heavy atom. The summed E-state index contributed by atoms with van der Waals surface area (Å²) in [6.45, 7) is 2.56. The minimum Gasteiger partial charge on any atom is -0.375 e. The highest BCUT2D eigenvalue weighted by molar-refractivity contribution is 6.33. The number of anilines is 1. The molecule has 0 aromatic heterocycles. The molecule has 2 rings (SSSR count). The Kier molecular flexibility index (Phi) is 5.17. The third-order valence-electron chi connectivity index (χ3n) is 3.11.